The zero-order chi connectivity index (χ0) is 18.3. The highest BCUT2D eigenvalue weighted by atomic mass is 32.1. The van der Waals surface area contributed by atoms with Gasteiger partial charge < -0.3 is 9.64 Å². The van der Waals surface area contributed by atoms with E-state index < -0.39 is 0 Å². The van der Waals surface area contributed by atoms with Gasteiger partial charge in [0, 0.05) is 30.7 Å². The Labute approximate surface area is 161 Å². The van der Waals surface area contributed by atoms with Crippen LogP contribution in [0.4, 0.5) is 0 Å². The Kier molecular flexibility index (Phi) is 3.40. The van der Waals surface area contributed by atoms with Gasteiger partial charge in [-0.25, -0.2) is 0 Å². The van der Waals surface area contributed by atoms with Crippen LogP contribution in [0.15, 0.2) is 23.3 Å². The van der Waals surface area contributed by atoms with Gasteiger partial charge in [-0.3, -0.25) is 4.79 Å². The fourth-order valence-electron chi connectivity index (χ4n) is 7.02. The fraction of sp³-hybridized carbons (Fsp3) is 0.727. The minimum Gasteiger partial charge on any atom is -0.462 e. The lowest BCUT2D eigenvalue weighted by molar-refractivity contribution is -0.120. The maximum Gasteiger partial charge on any atom is 0.259 e. The second-order valence-electron chi connectivity index (χ2n) is 9.76. The van der Waals surface area contributed by atoms with Crippen molar-refractivity contribution in [2.45, 2.75) is 64.4 Å². The molecule has 0 aromatic heterocycles. The number of hydrogen-bond acceptors (Lipinski definition) is 3. The van der Waals surface area contributed by atoms with Crippen LogP contribution in [0.3, 0.4) is 0 Å². The third-order valence-corrected chi connectivity index (χ3v) is 9.09. The second kappa shape index (κ2) is 5.21. The molecule has 0 aromatic carbocycles. The second-order valence-corrected chi connectivity index (χ2v) is 10.1. The summed E-state index contributed by atoms with van der Waals surface area (Å²) in [4.78, 5) is 14.1. The summed E-state index contributed by atoms with van der Waals surface area (Å²) in [5, 5.41) is 0.672. The van der Waals surface area contributed by atoms with Gasteiger partial charge in [-0.2, -0.15) is 0 Å². The van der Waals surface area contributed by atoms with Gasteiger partial charge in [-0.15, -0.1) is 0 Å². The number of Topliss-reactive ketones (excluding diaryl/α,β-unsaturated/α-hetero) is 1. The van der Waals surface area contributed by atoms with Crippen LogP contribution in [0, 0.1) is 22.7 Å². The summed E-state index contributed by atoms with van der Waals surface area (Å²) in [7, 11) is 2.06. The van der Waals surface area contributed by atoms with E-state index in [4.69, 9.17) is 17.0 Å². The van der Waals surface area contributed by atoms with E-state index in [1.807, 2.05) is 0 Å². The number of hydrogen-bond donors (Lipinski definition) is 0. The summed E-state index contributed by atoms with van der Waals surface area (Å²) < 4.78 is 6.39. The zero-order valence-electron chi connectivity index (χ0n) is 16.1. The average molecular weight is 372 g/mol. The summed E-state index contributed by atoms with van der Waals surface area (Å²) in [5.41, 5.74) is 3.19. The first-order chi connectivity index (χ1) is 12.3. The molecule has 4 heteroatoms. The van der Waals surface area contributed by atoms with E-state index in [0.29, 0.717) is 29.2 Å². The van der Waals surface area contributed by atoms with Crippen LogP contribution in [-0.2, 0) is 9.53 Å². The molecule has 0 bridgehead atoms. The van der Waals surface area contributed by atoms with Crippen molar-refractivity contribution in [1.29, 1.82) is 0 Å². The summed E-state index contributed by atoms with van der Waals surface area (Å²) >= 11 is 5.46. The predicted octanol–water partition coefficient (Wildman–Crippen LogP) is 4.42. The smallest absolute Gasteiger partial charge is 0.259 e. The minimum atomic E-state index is -0.112. The van der Waals surface area contributed by atoms with Gasteiger partial charge in [0.1, 0.15) is 11.4 Å². The first-order valence-corrected chi connectivity index (χ1v) is 10.6. The molecule has 4 aliphatic carbocycles. The van der Waals surface area contributed by atoms with Gasteiger partial charge in [-0.1, -0.05) is 37.1 Å². The van der Waals surface area contributed by atoms with Crippen molar-refractivity contribution in [2.75, 3.05) is 13.6 Å². The number of fused-ring (bicyclic) bond motifs is 6. The molecular formula is C22H29NO2S. The average Bonchev–Trinajstić information content (AvgIpc) is 3.05. The molecule has 2 saturated carbocycles. The molecule has 5 aliphatic rings. The normalized spacial score (nSPS) is 47.1. The summed E-state index contributed by atoms with van der Waals surface area (Å²) in [6.07, 6.45) is 11.9. The maximum absolute atomic E-state index is 12.0. The largest absolute Gasteiger partial charge is 0.462 e. The lowest BCUT2D eigenvalue weighted by Crippen LogP contribution is -2.52. The molecule has 1 aliphatic heterocycles. The van der Waals surface area contributed by atoms with Gasteiger partial charge in [-0.05, 0) is 56.2 Å². The molecule has 0 amide bonds. The lowest BCUT2D eigenvalue weighted by atomic mass is 9.51. The molecule has 0 aromatic rings. The number of rotatable bonds is 0. The molecule has 5 rings (SSSR count). The summed E-state index contributed by atoms with van der Waals surface area (Å²) in [6, 6.07) is 0. The highest BCUT2D eigenvalue weighted by Crippen LogP contribution is 2.66. The van der Waals surface area contributed by atoms with Crippen molar-refractivity contribution in [3.63, 3.8) is 0 Å². The van der Waals surface area contributed by atoms with Crippen molar-refractivity contribution < 1.29 is 9.53 Å². The van der Waals surface area contributed by atoms with Crippen LogP contribution in [-0.4, -0.2) is 35.1 Å². The Morgan fingerprint density at radius 1 is 1.27 bits per heavy atom. The standard InChI is InChI=1S/C22H29NO2S/c1-20-9-6-15(24)12-14(20)4-5-16-17(20)7-10-21(2)18(16)8-11-22(21)13-23(3)19(26)25-22/h4,7,16,18H,5-6,8-13H2,1-3H3/t16?,18?,20-,21-,22+/m0/s1. The first-order valence-electron chi connectivity index (χ1n) is 10.1. The quantitative estimate of drug-likeness (QED) is 0.465. The van der Waals surface area contributed by atoms with E-state index in [1.54, 1.807) is 5.57 Å². The number of carbonyl (C=O) groups is 1. The van der Waals surface area contributed by atoms with E-state index in [1.165, 1.54) is 12.0 Å². The molecule has 2 unspecified atom stereocenters. The number of thiocarbonyl (C=S) groups is 1. The summed E-state index contributed by atoms with van der Waals surface area (Å²) in [6.45, 7) is 5.78. The Balaban J connectivity index is 1.53. The monoisotopic (exact) mass is 371 g/mol. The number of carbonyl (C=O) groups excluding carboxylic acids is 1. The molecule has 1 heterocycles. The van der Waals surface area contributed by atoms with E-state index in [2.05, 4.69) is 37.9 Å². The third kappa shape index (κ3) is 1.95. The van der Waals surface area contributed by atoms with Crippen LogP contribution in [0.1, 0.15) is 58.8 Å². The highest BCUT2D eigenvalue weighted by molar-refractivity contribution is 7.80. The van der Waals surface area contributed by atoms with E-state index in [-0.39, 0.29) is 16.4 Å². The van der Waals surface area contributed by atoms with Crippen molar-refractivity contribution in [3.8, 4) is 0 Å². The van der Waals surface area contributed by atoms with Gasteiger partial charge in [0.25, 0.3) is 5.17 Å². The third-order valence-electron chi connectivity index (χ3n) is 8.69. The summed E-state index contributed by atoms with van der Waals surface area (Å²) in [5.74, 6) is 1.69. The van der Waals surface area contributed by atoms with Gasteiger partial charge in [0.2, 0.25) is 0 Å². The molecule has 5 atom stereocenters. The first kappa shape index (κ1) is 17.0. The van der Waals surface area contributed by atoms with Crippen LogP contribution >= 0.6 is 12.2 Å². The van der Waals surface area contributed by atoms with E-state index in [0.717, 1.165) is 38.6 Å². The van der Waals surface area contributed by atoms with Crippen LogP contribution < -0.4 is 0 Å². The van der Waals surface area contributed by atoms with E-state index in [9.17, 15) is 4.79 Å². The van der Waals surface area contributed by atoms with Crippen molar-refractivity contribution in [3.05, 3.63) is 23.3 Å². The number of ether oxygens (including phenoxy) is 1. The zero-order valence-corrected chi connectivity index (χ0v) is 17.0. The van der Waals surface area contributed by atoms with Crippen LogP contribution in [0.5, 0.6) is 0 Å². The molecule has 26 heavy (non-hydrogen) atoms. The molecule has 3 nitrogen and oxygen atoms in total. The van der Waals surface area contributed by atoms with Crippen molar-refractivity contribution in [1.82, 2.24) is 4.90 Å². The van der Waals surface area contributed by atoms with Crippen molar-refractivity contribution in [2.24, 2.45) is 22.7 Å². The Bertz CT molecular complexity index is 770. The van der Waals surface area contributed by atoms with Gasteiger partial charge >= 0.3 is 0 Å². The molecule has 3 fully saturated rings. The molecule has 140 valence electrons. The molecular weight excluding hydrogens is 342 g/mol. The minimum absolute atomic E-state index is 0.112. The number of nitrogens with zero attached hydrogens (tertiary/aromatic N) is 1. The van der Waals surface area contributed by atoms with E-state index >= 15 is 0 Å². The molecule has 0 radical (unpaired) electrons. The number of likely N-dealkylation sites (N-methyl/N-ethyl adjacent to an activating group) is 1. The SMILES string of the molecule is CN1C[C@@]2(CCC3C4CC=C5CC(=O)CC[C@]5(C)C4=CC[C@@]32C)OC1=S. The molecule has 1 saturated heterocycles. The van der Waals surface area contributed by atoms with Gasteiger partial charge in [0.05, 0.1) is 6.54 Å². The lowest BCUT2D eigenvalue weighted by Gasteiger charge is -2.54. The van der Waals surface area contributed by atoms with Gasteiger partial charge in [0.15, 0.2) is 0 Å². The van der Waals surface area contributed by atoms with Crippen molar-refractivity contribution >= 4 is 23.2 Å². The topological polar surface area (TPSA) is 29.5 Å². The number of allylic oxidation sites excluding steroid dienone is 4. The number of ketones is 1. The highest BCUT2D eigenvalue weighted by Gasteiger charge is 2.65. The Morgan fingerprint density at radius 2 is 2.08 bits per heavy atom. The Hall–Kier alpha value is -1.16. The van der Waals surface area contributed by atoms with Crippen LogP contribution in [0.2, 0.25) is 0 Å². The fourth-order valence-corrected chi connectivity index (χ4v) is 7.25. The molecule has 1 spiro atoms. The maximum atomic E-state index is 12.0. The Morgan fingerprint density at radius 3 is 2.81 bits per heavy atom. The predicted molar refractivity (Wildman–Crippen MR) is 106 cm³/mol. The molecule has 0 N–H and O–H groups in total. The van der Waals surface area contributed by atoms with Crippen LogP contribution in [0.25, 0.3) is 0 Å².